The monoisotopic (exact) mass is 313 g/mol. The molecular weight excluding hydrogens is 298 g/mol. The van der Waals surface area contributed by atoms with E-state index in [1.54, 1.807) is 11.0 Å². The van der Waals surface area contributed by atoms with Crippen LogP contribution < -0.4 is 10.6 Å². The van der Waals surface area contributed by atoms with Crippen LogP contribution in [-0.4, -0.2) is 31.3 Å². The summed E-state index contributed by atoms with van der Waals surface area (Å²) in [5.74, 6) is -0.0556. The lowest BCUT2D eigenvalue weighted by Gasteiger charge is -2.22. The number of hydrogen-bond acceptors (Lipinski definition) is 3. The molecule has 22 heavy (non-hydrogen) atoms. The molecule has 0 aromatic heterocycles. The molecule has 0 unspecified atom stereocenters. The molecule has 1 aliphatic heterocycles. The van der Waals surface area contributed by atoms with E-state index in [4.69, 9.17) is 17.3 Å². The van der Waals surface area contributed by atoms with E-state index in [1.165, 1.54) is 0 Å². The van der Waals surface area contributed by atoms with Crippen LogP contribution in [0.5, 0.6) is 0 Å². The van der Waals surface area contributed by atoms with Gasteiger partial charge in [-0.2, -0.15) is 0 Å². The van der Waals surface area contributed by atoms with E-state index in [9.17, 15) is 4.79 Å². The van der Waals surface area contributed by atoms with Gasteiger partial charge in [0.05, 0.1) is 11.4 Å². The van der Waals surface area contributed by atoms with E-state index in [1.807, 2.05) is 42.5 Å². The van der Waals surface area contributed by atoms with Crippen molar-refractivity contribution in [1.29, 1.82) is 0 Å². The van der Waals surface area contributed by atoms with Crippen molar-refractivity contribution in [3.05, 3.63) is 64.7 Å². The third-order valence-electron chi connectivity index (χ3n) is 3.58. The molecule has 1 amide bonds. The summed E-state index contributed by atoms with van der Waals surface area (Å²) >= 11 is 6.16. The molecule has 0 fully saturated rings. The number of nitrogens with two attached hydrogens (primary N) is 1. The number of halogens is 1. The summed E-state index contributed by atoms with van der Waals surface area (Å²) in [5, 5.41) is 0.615. The highest BCUT2D eigenvalue weighted by Gasteiger charge is 2.24. The number of benzodiazepines with no additional fused rings is 1. The predicted octanol–water partition coefficient (Wildman–Crippen LogP) is 2.48. The molecule has 2 aromatic rings. The predicted molar refractivity (Wildman–Crippen MR) is 89.8 cm³/mol. The Labute approximate surface area is 134 Å². The first-order valence-electron chi connectivity index (χ1n) is 7.11. The molecule has 5 heteroatoms. The molecule has 112 valence electrons. The molecular formula is C17H16ClN3O. The van der Waals surface area contributed by atoms with Gasteiger partial charge in [-0.3, -0.25) is 9.79 Å². The number of nitrogens with zero attached hydrogens (tertiary/aromatic N) is 2. The normalized spacial score (nSPS) is 14.4. The van der Waals surface area contributed by atoms with Gasteiger partial charge in [0.2, 0.25) is 5.91 Å². The van der Waals surface area contributed by atoms with Crippen LogP contribution >= 0.6 is 11.6 Å². The van der Waals surface area contributed by atoms with Crippen LogP contribution in [-0.2, 0) is 4.79 Å². The van der Waals surface area contributed by atoms with Crippen LogP contribution in [0.15, 0.2) is 53.5 Å². The maximum Gasteiger partial charge on any atom is 0.248 e. The topological polar surface area (TPSA) is 58.7 Å². The Kier molecular flexibility index (Phi) is 4.22. The number of carbonyl (C=O) groups is 1. The van der Waals surface area contributed by atoms with Crippen molar-refractivity contribution in [2.45, 2.75) is 0 Å². The quantitative estimate of drug-likeness (QED) is 0.946. The highest BCUT2D eigenvalue weighted by atomic mass is 35.5. The molecule has 0 atom stereocenters. The van der Waals surface area contributed by atoms with Gasteiger partial charge < -0.3 is 10.6 Å². The molecule has 3 rings (SSSR count). The minimum absolute atomic E-state index is 0.0556. The van der Waals surface area contributed by atoms with Crippen molar-refractivity contribution in [2.75, 3.05) is 24.5 Å². The smallest absolute Gasteiger partial charge is 0.248 e. The molecule has 0 spiro atoms. The van der Waals surface area contributed by atoms with Gasteiger partial charge in [-0.05, 0) is 18.2 Å². The molecule has 0 bridgehead atoms. The van der Waals surface area contributed by atoms with E-state index in [-0.39, 0.29) is 12.5 Å². The first-order valence-corrected chi connectivity index (χ1v) is 7.48. The highest BCUT2D eigenvalue weighted by molar-refractivity contribution is 6.32. The molecule has 1 aliphatic rings. The molecule has 4 nitrogen and oxygen atoms in total. The highest BCUT2D eigenvalue weighted by Crippen LogP contribution is 2.29. The van der Waals surface area contributed by atoms with Gasteiger partial charge in [0.15, 0.2) is 0 Å². The first kappa shape index (κ1) is 14.8. The Bertz CT molecular complexity index is 728. The van der Waals surface area contributed by atoms with Crippen LogP contribution in [0, 0.1) is 0 Å². The maximum absolute atomic E-state index is 12.4. The Morgan fingerprint density at radius 3 is 2.68 bits per heavy atom. The number of hydrogen-bond donors (Lipinski definition) is 1. The lowest BCUT2D eigenvalue weighted by atomic mass is 10.0. The number of aliphatic imine (C=N–C) groups is 1. The average Bonchev–Trinajstić information content (AvgIpc) is 2.66. The van der Waals surface area contributed by atoms with Gasteiger partial charge >= 0.3 is 0 Å². The summed E-state index contributed by atoms with van der Waals surface area (Å²) in [6.45, 7) is 0.968. The summed E-state index contributed by atoms with van der Waals surface area (Å²) in [5.41, 5.74) is 9.06. The molecule has 2 N–H and O–H groups in total. The summed E-state index contributed by atoms with van der Waals surface area (Å²) in [7, 11) is 0. The molecule has 0 saturated carbocycles. The zero-order chi connectivity index (χ0) is 15.5. The second kappa shape index (κ2) is 6.30. The number of benzene rings is 2. The minimum atomic E-state index is -0.0556. The molecule has 1 heterocycles. The summed E-state index contributed by atoms with van der Waals surface area (Å²) in [4.78, 5) is 18.6. The molecule has 2 aromatic carbocycles. The number of rotatable bonds is 3. The zero-order valence-electron chi connectivity index (χ0n) is 12.0. The number of anilines is 1. The van der Waals surface area contributed by atoms with Crippen molar-refractivity contribution in [3.8, 4) is 0 Å². The average molecular weight is 314 g/mol. The maximum atomic E-state index is 12.4. The van der Waals surface area contributed by atoms with Gasteiger partial charge in [-0.25, -0.2) is 0 Å². The molecule has 0 radical (unpaired) electrons. The number of carbonyl (C=O) groups excluding carboxylic acids is 1. The standard InChI is InChI=1S/C17H16ClN3O/c18-13-6-7-15-14(10-13)17(12-4-2-1-3-5-12)20-11-16(22)21(15)9-8-19/h1-7,10H,8-9,11,19H2. The fourth-order valence-corrected chi connectivity index (χ4v) is 2.77. The van der Waals surface area contributed by atoms with Gasteiger partial charge in [0.25, 0.3) is 0 Å². The third-order valence-corrected chi connectivity index (χ3v) is 3.81. The number of fused-ring (bicyclic) bond motifs is 1. The van der Waals surface area contributed by atoms with Gasteiger partial charge in [0.1, 0.15) is 6.54 Å². The number of amides is 1. The van der Waals surface area contributed by atoms with Crippen LogP contribution in [0.25, 0.3) is 0 Å². The largest absolute Gasteiger partial charge is 0.329 e. The van der Waals surface area contributed by atoms with Crippen LogP contribution in [0.3, 0.4) is 0 Å². The van der Waals surface area contributed by atoms with Crippen LogP contribution in [0.2, 0.25) is 5.02 Å². The minimum Gasteiger partial charge on any atom is -0.329 e. The summed E-state index contributed by atoms with van der Waals surface area (Å²) < 4.78 is 0. The fourth-order valence-electron chi connectivity index (χ4n) is 2.60. The second-order valence-corrected chi connectivity index (χ2v) is 5.46. The Morgan fingerprint density at radius 1 is 1.18 bits per heavy atom. The molecule has 0 aliphatic carbocycles. The van der Waals surface area contributed by atoms with Crippen LogP contribution in [0.4, 0.5) is 5.69 Å². The van der Waals surface area contributed by atoms with Gasteiger partial charge in [-0.1, -0.05) is 41.9 Å². The van der Waals surface area contributed by atoms with E-state index >= 15 is 0 Å². The first-order chi connectivity index (χ1) is 10.7. The lowest BCUT2D eigenvalue weighted by Crippen LogP contribution is -2.36. The Hall–Kier alpha value is -2.17. The zero-order valence-corrected chi connectivity index (χ0v) is 12.8. The van der Waals surface area contributed by atoms with E-state index < -0.39 is 0 Å². The van der Waals surface area contributed by atoms with Crippen molar-refractivity contribution in [1.82, 2.24) is 0 Å². The van der Waals surface area contributed by atoms with Crippen molar-refractivity contribution in [3.63, 3.8) is 0 Å². The van der Waals surface area contributed by atoms with E-state index in [0.29, 0.717) is 18.1 Å². The van der Waals surface area contributed by atoms with Crippen molar-refractivity contribution in [2.24, 2.45) is 10.7 Å². The van der Waals surface area contributed by atoms with Crippen LogP contribution in [0.1, 0.15) is 11.1 Å². The van der Waals surface area contributed by atoms with Crippen molar-refractivity contribution >= 4 is 28.9 Å². The lowest BCUT2D eigenvalue weighted by molar-refractivity contribution is -0.117. The van der Waals surface area contributed by atoms with E-state index in [2.05, 4.69) is 4.99 Å². The summed E-state index contributed by atoms with van der Waals surface area (Å²) in [6.07, 6.45) is 0. The van der Waals surface area contributed by atoms with Gasteiger partial charge in [-0.15, -0.1) is 0 Å². The van der Waals surface area contributed by atoms with Crippen molar-refractivity contribution < 1.29 is 4.79 Å². The molecule has 0 saturated heterocycles. The third kappa shape index (κ3) is 2.75. The second-order valence-electron chi connectivity index (χ2n) is 5.03. The van der Waals surface area contributed by atoms with Gasteiger partial charge in [0, 0.05) is 29.2 Å². The summed E-state index contributed by atoms with van der Waals surface area (Å²) in [6, 6.07) is 15.3. The van der Waals surface area contributed by atoms with E-state index in [0.717, 1.165) is 22.5 Å². The fraction of sp³-hybridized carbons (Fsp3) is 0.176. The SMILES string of the molecule is NCCN1C(=O)CN=C(c2ccccc2)c2cc(Cl)ccc21. The Balaban J connectivity index is 2.18. The Morgan fingerprint density at radius 2 is 1.95 bits per heavy atom.